The molecule has 0 aromatic heterocycles. The minimum atomic E-state index is 0.366. The zero-order valence-corrected chi connectivity index (χ0v) is 13.7. The van der Waals surface area contributed by atoms with Crippen LogP contribution in [-0.4, -0.2) is 31.6 Å². The molecule has 0 radical (unpaired) electrons. The van der Waals surface area contributed by atoms with E-state index in [0.717, 1.165) is 25.4 Å². The van der Waals surface area contributed by atoms with Gasteiger partial charge in [0.15, 0.2) is 0 Å². The van der Waals surface area contributed by atoms with Gasteiger partial charge < -0.3 is 10.1 Å². The summed E-state index contributed by atoms with van der Waals surface area (Å²) in [6, 6.07) is 6.92. The van der Waals surface area contributed by atoms with Gasteiger partial charge in [-0.2, -0.15) is 0 Å². The highest BCUT2D eigenvalue weighted by Crippen LogP contribution is 2.25. The molecule has 1 rings (SSSR count). The number of rotatable bonds is 9. The van der Waals surface area contributed by atoms with Crippen LogP contribution in [0.2, 0.25) is 0 Å². The Bertz CT molecular complexity index is 393. The molecule has 0 bridgehead atoms. The second-order valence-corrected chi connectivity index (χ2v) is 5.18. The zero-order valence-electron chi connectivity index (χ0n) is 13.7. The molecule has 3 nitrogen and oxygen atoms in total. The van der Waals surface area contributed by atoms with Crippen LogP contribution in [0.15, 0.2) is 18.2 Å². The molecule has 1 atom stereocenters. The van der Waals surface area contributed by atoms with Crippen molar-refractivity contribution in [3.05, 3.63) is 29.3 Å². The highest BCUT2D eigenvalue weighted by molar-refractivity contribution is 5.38. The normalized spacial score (nSPS) is 12.7. The lowest BCUT2D eigenvalue weighted by atomic mass is 10.0. The summed E-state index contributed by atoms with van der Waals surface area (Å²) in [5.74, 6) is 1.02. The van der Waals surface area contributed by atoms with E-state index in [1.807, 2.05) is 14.0 Å². The smallest absolute Gasteiger partial charge is 0.123 e. The first-order valence-corrected chi connectivity index (χ1v) is 7.81. The maximum Gasteiger partial charge on any atom is 0.123 e. The third-order valence-corrected chi connectivity index (χ3v) is 3.70. The summed E-state index contributed by atoms with van der Waals surface area (Å²) in [6.45, 7) is 12.6. The van der Waals surface area contributed by atoms with E-state index in [2.05, 4.69) is 49.2 Å². The number of nitrogens with one attached hydrogen (secondary N) is 1. The summed E-state index contributed by atoms with van der Waals surface area (Å²) in [4.78, 5) is 2.46. The number of hydrogen-bond donors (Lipinski definition) is 1. The molecule has 1 N–H and O–H groups in total. The fraction of sp³-hybridized carbons (Fsp3) is 0.647. The second kappa shape index (κ2) is 8.98. The second-order valence-electron chi connectivity index (χ2n) is 5.18. The van der Waals surface area contributed by atoms with Crippen molar-refractivity contribution in [3.8, 4) is 5.75 Å². The zero-order chi connectivity index (χ0) is 15.0. The van der Waals surface area contributed by atoms with E-state index in [0.29, 0.717) is 12.6 Å². The van der Waals surface area contributed by atoms with Gasteiger partial charge in [0, 0.05) is 18.2 Å². The summed E-state index contributed by atoms with van der Waals surface area (Å²) in [6.07, 6.45) is 1.18. The maximum absolute atomic E-state index is 5.78. The molecule has 3 heteroatoms. The van der Waals surface area contributed by atoms with Crippen molar-refractivity contribution >= 4 is 0 Å². The molecule has 0 spiro atoms. The Morgan fingerprint density at radius 2 is 2.00 bits per heavy atom. The highest BCUT2D eigenvalue weighted by Gasteiger charge is 2.11. The summed E-state index contributed by atoms with van der Waals surface area (Å²) in [5, 5.41) is 3.30. The first-order chi connectivity index (χ1) is 9.65. The van der Waals surface area contributed by atoms with Gasteiger partial charge >= 0.3 is 0 Å². The lowest BCUT2D eigenvalue weighted by Gasteiger charge is -2.22. The molecule has 114 valence electrons. The van der Waals surface area contributed by atoms with Crippen LogP contribution in [0.4, 0.5) is 0 Å². The van der Waals surface area contributed by atoms with Gasteiger partial charge in [-0.15, -0.1) is 0 Å². The van der Waals surface area contributed by atoms with E-state index in [1.165, 1.54) is 17.5 Å². The standard InChI is InChI=1S/C17H30N2O/c1-6-11-19(7-2)13-16-12-15(14(4)18-5)9-10-17(16)20-8-3/h9-10,12,14,18H,6-8,11,13H2,1-5H3. The van der Waals surface area contributed by atoms with Crippen molar-refractivity contribution in [3.63, 3.8) is 0 Å². The van der Waals surface area contributed by atoms with Gasteiger partial charge in [0.25, 0.3) is 0 Å². The minimum Gasteiger partial charge on any atom is -0.494 e. The average molecular weight is 278 g/mol. The van der Waals surface area contributed by atoms with Crippen molar-refractivity contribution in [1.29, 1.82) is 0 Å². The molecular weight excluding hydrogens is 248 g/mol. The van der Waals surface area contributed by atoms with E-state index in [4.69, 9.17) is 4.74 Å². The number of hydrogen-bond acceptors (Lipinski definition) is 3. The molecule has 0 saturated heterocycles. The van der Waals surface area contributed by atoms with Crippen molar-refractivity contribution in [2.24, 2.45) is 0 Å². The molecule has 0 saturated carbocycles. The summed E-state index contributed by atoms with van der Waals surface area (Å²) < 4.78 is 5.78. The van der Waals surface area contributed by atoms with Crippen LogP contribution in [-0.2, 0) is 6.54 Å². The predicted molar refractivity (Wildman–Crippen MR) is 86.3 cm³/mol. The molecule has 1 aromatic rings. The van der Waals surface area contributed by atoms with Gasteiger partial charge in [0.1, 0.15) is 5.75 Å². The van der Waals surface area contributed by atoms with Gasteiger partial charge in [-0.1, -0.05) is 19.9 Å². The van der Waals surface area contributed by atoms with E-state index in [1.54, 1.807) is 0 Å². The Morgan fingerprint density at radius 3 is 2.55 bits per heavy atom. The Morgan fingerprint density at radius 1 is 1.25 bits per heavy atom. The first-order valence-electron chi connectivity index (χ1n) is 7.81. The van der Waals surface area contributed by atoms with Crippen molar-refractivity contribution in [2.45, 2.75) is 46.7 Å². The topological polar surface area (TPSA) is 24.5 Å². The molecule has 0 aliphatic carbocycles. The van der Waals surface area contributed by atoms with Crippen LogP contribution in [0, 0.1) is 0 Å². The molecule has 20 heavy (non-hydrogen) atoms. The van der Waals surface area contributed by atoms with Crippen LogP contribution in [0.25, 0.3) is 0 Å². The summed E-state index contributed by atoms with van der Waals surface area (Å²) >= 11 is 0. The molecular formula is C17H30N2O. The Labute approximate surface area is 124 Å². The first kappa shape index (κ1) is 17.0. The monoisotopic (exact) mass is 278 g/mol. The fourth-order valence-electron chi connectivity index (χ4n) is 2.36. The van der Waals surface area contributed by atoms with E-state index in [-0.39, 0.29) is 0 Å². The third-order valence-electron chi connectivity index (χ3n) is 3.70. The van der Waals surface area contributed by atoms with Crippen LogP contribution >= 0.6 is 0 Å². The molecule has 1 unspecified atom stereocenters. The minimum absolute atomic E-state index is 0.366. The van der Waals surface area contributed by atoms with Gasteiger partial charge in [-0.3, -0.25) is 4.90 Å². The summed E-state index contributed by atoms with van der Waals surface area (Å²) in [7, 11) is 2.00. The quantitative estimate of drug-likeness (QED) is 0.747. The lowest BCUT2D eigenvalue weighted by Crippen LogP contribution is -2.24. The predicted octanol–water partition coefficient (Wildman–Crippen LogP) is 3.60. The Balaban J connectivity index is 2.98. The van der Waals surface area contributed by atoms with Crippen molar-refractivity contribution < 1.29 is 4.74 Å². The molecule has 1 aromatic carbocycles. The largest absolute Gasteiger partial charge is 0.494 e. The van der Waals surface area contributed by atoms with Crippen LogP contribution in [0.3, 0.4) is 0 Å². The van der Waals surface area contributed by atoms with Gasteiger partial charge in [0.2, 0.25) is 0 Å². The van der Waals surface area contributed by atoms with Crippen LogP contribution in [0.1, 0.15) is 51.3 Å². The molecule has 0 amide bonds. The van der Waals surface area contributed by atoms with Crippen molar-refractivity contribution in [1.82, 2.24) is 10.2 Å². The van der Waals surface area contributed by atoms with Gasteiger partial charge in [-0.25, -0.2) is 0 Å². The third kappa shape index (κ3) is 4.80. The fourth-order valence-corrected chi connectivity index (χ4v) is 2.36. The average Bonchev–Trinajstić information content (AvgIpc) is 2.47. The molecule has 0 aliphatic rings. The molecule has 0 fully saturated rings. The lowest BCUT2D eigenvalue weighted by molar-refractivity contribution is 0.270. The van der Waals surface area contributed by atoms with E-state index in [9.17, 15) is 0 Å². The van der Waals surface area contributed by atoms with Gasteiger partial charge in [-0.05, 0) is 58.1 Å². The molecule has 0 aliphatic heterocycles. The number of nitrogens with zero attached hydrogens (tertiary/aromatic N) is 1. The number of ether oxygens (including phenoxy) is 1. The number of benzene rings is 1. The van der Waals surface area contributed by atoms with Gasteiger partial charge in [0.05, 0.1) is 6.61 Å². The molecule has 0 heterocycles. The maximum atomic E-state index is 5.78. The SMILES string of the molecule is CCCN(CC)Cc1cc(C(C)NC)ccc1OCC. The van der Waals surface area contributed by atoms with Crippen LogP contribution < -0.4 is 10.1 Å². The summed E-state index contributed by atoms with van der Waals surface area (Å²) in [5.41, 5.74) is 2.61. The van der Waals surface area contributed by atoms with E-state index >= 15 is 0 Å². The van der Waals surface area contributed by atoms with E-state index < -0.39 is 0 Å². The van der Waals surface area contributed by atoms with Crippen LogP contribution in [0.5, 0.6) is 5.75 Å². The Kier molecular flexibility index (Phi) is 7.63. The highest BCUT2D eigenvalue weighted by atomic mass is 16.5. The van der Waals surface area contributed by atoms with Crippen molar-refractivity contribution in [2.75, 3.05) is 26.7 Å². The Hall–Kier alpha value is -1.06.